The minimum absolute atomic E-state index is 0.0453. The fraction of sp³-hybridized carbons (Fsp3) is 0.229. The van der Waals surface area contributed by atoms with Crippen LogP contribution in [-0.4, -0.2) is 72.9 Å². The average Bonchev–Trinajstić information content (AvgIpc) is 3.28. The number of esters is 2. The molecule has 12 heteroatoms. The van der Waals surface area contributed by atoms with Crippen molar-refractivity contribution < 1.29 is 43.2 Å². The molecular formula is C48H45N3O9. The molecule has 2 heterocycles. The lowest BCUT2D eigenvalue weighted by Crippen LogP contribution is -2.58. The highest BCUT2D eigenvalue weighted by molar-refractivity contribution is 6.08. The summed E-state index contributed by atoms with van der Waals surface area (Å²) in [5, 5.41) is 13.4. The number of anilines is 1. The molecule has 306 valence electrons. The molecule has 0 saturated heterocycles. The number of amides is 2. The third-order valence-corrected chi connectivity index (χ3v) is 10.2. The second kappa shape index (κ2) is 19.1. The molecule has 0 unspecified atom stereocenters. The van der Waals surface area contributed by atoms with E-state index in [0.717, 1.165) is 16.5 Å². The fourth-order valence-electron chi connectivity index (χ4n) is 7.32. The summed E-state index contributed by atoms with van der Waals surface area (Å²) in [5.74, 6) is -1.35. The average molecular weight is 808 g/mol. The van der Waals surface area contributed by atoms with Crippen LogP contribution < -0.4 is 19.7 Å². The van der Waals surface area contributed by atoms with Crippen LogP contribution in [0.2, 0.25) is 0 Å². The predicted octanol–water partition coefficient (Wildman–Crippen LogP) is 7.28. The molecule has 0 aliphatic carbocycles. The zero-order valence-electron chi connectivity index (χ0n) is 33.3. The van der Waals surface area contributed by atoms with E-state index in [1.165, 1.54) is 4.90 Å². The molecule has 2 N–H and O–H groups in total. The SMILES string of the molecule is CCOC(=O)C[C@H]1[C@H](OC(=O)c2ccc(-c3ccccc3)cc2)[C@@H](NC(=O)Cc2ccc(OC)cc2)c2cc(OCCCO)ccc2N1C(=O)c1ccc2ccccc2n1. The van der Waals surface area contributed by atoms with Crippen LogP contribution in [0.15, 0.2) is 133 Å². The third kappa shape index (κ3) is 9.46. The number of fused-ring (bicyclic) bond motifs is 2. The van der Waals surface area contributed by atoms with Gasteiger partial charge >= 0.3 is 11.9 Å². The summed E-state index contributed by atoms with van der Waals surface area (Å²) in [7, 11) is 1.56. The van der Waals surface area contributed by atoms with E-state index in [1.807, 2.05) is 60.7 Å². The van der Waals surface area contributed by atoms with Gasteiger partial charge in [-0.05, 0) is 78.2 Å². The molecular weight excluding hydrogens is 763 g/mol. The van der Waals surface area contributed by atoms with Crippen molar-refractivity contribution >= 4 is 40.3 Å². The Bertz CT molecular complexity index is 2460. The number of hydrogen-bond acceptors (Lipinski definition) is 10. The van der Waals surface area contributed by atoms with E-state index < -0.39 is 48.4 Å². The van der Waals surface area contributed by atoms with E-state index in [4.69, 9.17) is 23.9 Å². The van der Waals surface area contributed by atoms with Gasteiger partial charge in [0.05, 0.1) is 62.0 Å². The first-order valence-corrected chi connectivity index (χ1v) is 19.8. The number of aliphatic hydroxyl groups is 1. The number of aromatic nitrogens is 1. The lowest BCUT2D eigenvalue weighted by atomic mass is 9.85. The molecule has 0 radical (unpaired) electrons. The fourth-order valence-corrected chi connectivity index (χ4v) is 7.32. The molecule has 5 aromatic carbocycles. The van der Waals surface area contributed by atoms with Crippen LogP contribution in [0.3, 0.4) is 0 Å². The zero-order valence-corrected chi connectivity index (χ0v) is 33.3. The van der Waals surface area contributed by atoms with Crippen molar-refractivity contribution in [2.45, 2.75) is 44.4 Å². The number of methoxy groups -OCH3 is 1. The number of benzene rings is 5. The van der Waals surface area contributed by atoms with Crippen LogP contribution in [0.25, 0.3) is 22.0 Å². The van der Waals surface area contributed by atoms with Gasteiger partial charge in [0.15, 0.2) is 0 Å². The van der Waals surface area contributed by atoms with E-state index in [0.29, 0.717) is 40.3 Å². The topological polar surface area (TPSA) is 154 Å². The molecule has 1 aliphatic rings. The van der Waals surface area contributed by atoms with Crippen molar-refractivity contribution in [3.05, 3.63) is 156 Å². The molecule has 0 saturated carbocycles. The number of aliphatic hydroxyl groups excluding tert-OH is 1. The highest BCUT2D eigenvalue weighted by Gasteiger charge is 2.48. The highest BCUT2D eigenvalue weighted by atomic mass is 16.5. The van der Waals surface area contributed by atoms with Crippen molar-refractivity contribution in [2.24, 2.45) is 0 Å². The number of nitrogens with one attached hydrogen (secondary N) is 1. The number of ether oxygens (including phenoxy) is 4. The van der Waals surface area contributed by atoms with E-state index in [1.54, 1.807) is 86.8 Å². The van der Waals surface area contributed by atoms with Gasteiger partial charge in [-0.3, -0.25) is 19.3 Å². The number of hydrogen-bond donors (Lipinski definition) is 2. The van der Waals surface area contributed by atoms with E-state index in [9.17, 15) is 24.3 Å². The Balaban J connectivity index is 1.35. The Hall–Kier alpha value is -7.05. The number of carbonyl (C=O) groups is 4. The summed E-state index contributed by atoms with van der Waals surface area (Å²) >= 11 is 0. The standard InChI is InChI=1S/C48H45N3O9/c1-3-58-44(54)30-42-46(60-48(56)35-18-16-33(17-19-35)32-10-5-4-6-11-32)45(50-43(53)28-31-14-21-36(57-2)22-15-31)38-29-37(59-27-9-26-52)23-25-41(38)51(42)47(55)40-24-20-34-12-7-8-13-39(34)49-40/h4-8,10-25,29,42,45-46,52H,3,9,26-28,30H2,1-2H3,(H,50,53)/t42-,45-,46-/m0/s1. The van der Waals surface area contributed by atoms with Crippen LogP contribution in [-0.2, 0) is 25.5 Å². The summed E-state index contributed by atoms with van der Waals surface area (Å²) < 4.78 is 23.1. The second-order valence-corrected chi connectivity index (χ2v) is 14.2. The van der Waals surface area contributed by atoms with Crippen molar-refractivity contribution in [3.8, 4) is 22.6 Å². The molecule has 1 aliphatic heterocycles. The molecule has 0 fully saturated rings. The molecule has 12 nitrogen and oxygen atoms in total. The lowest BCUT2D eigenvalue weighted by Gasteiger charge is -2.45. The van der Waals surface area contributed by atoms with Gasteiger partial charge in [-0.2, -0.15) is 0 Å². The lowest BCUT2D eigenvalue weighted by molar-refractivity contribution is -0.144. The smallest absolute Gasteiger partial charge is 0.338 e. The van der Waals surface area contributed by atoms with Gasteiger partial charge in [0, 0.05) is 24.0 Å². The van der Waals surface area contributed by atoms with Gasteiger partial charge in [-0.1, -0.05) is 78.9 Å². The highest BCUT2D eigenvalue weighted by Crippen LogP contribution is 2.43. The van der Waals surface area contributed by atoms with E-state index in [2.05, 4.69) is 5.32 Å². The summed E-state index contributed by atoms with van der Waals surface area (Å²) in [4.78, 5) is 63.0. The Morgan fingerprint density at radius 2 is 1.52 bits per heavy atom. The number of carbonyl (C=O) groups excluding carboxylic acids is 4. The summed E-state index contributed by atoms with van der Waals surface area (Å²) in [6, 6.07) is 37.2. The second-order valence-electron chi connectivity index (χ2n) is 14.2. The maximum absolute atomic E-state index is 15.0. The molecule has 3 atom stereocenters. The molecule has 0 spiro atoms. The van der Waals surface area contributed by atoms with Crippen LogP contribution >= 0.6 is 0 Å². The maximum atomic E-state index is 15.0. The minimum atomic E-state index is -1.33. The number of rotatable bonds is 15. The van der Waals surface area contributed by atoms with Gasteiger partial charge in [0.25, 0.3) is 5.91 Å². The predicted molar refractivity (Wildman–Crippen MR) is 226 cm³/mol. The molecule has 7 rings (SSSR count). The summed E-state index contributed by atoms with van der Waals surface area (Å²) in [6.07, 6.45) is -1.41. The number of para-hydroxylation sites is 1. The molecule has 60 heavy (non-hydrogen) atoms. The Kier molecular flexibility index (Phi) is 13.1. The van der Waals surface area contributed by atoms with Crippen molar-refractivity contribution in [3.63, 3.8) is 0 Å². The van der Waals surface area contributed by atoms with Crippen LogP contribution in [0, 0.1) is 0 Å². The first-order valence-electron chi connectivity index (χ1n) is 19.8. The number of pyridine rings is 1. The van der Waals surface area contributed by atoms with Gasteiger partial charge < -0.3 is 29.4 Å². The van der Waals surface area contributed by atoms with Gasteiger partial charge in [0.2, 0.25) is 5.91 Å². The van der Waals surface area contributed by atoms with Crippen LogP contribution in [0.4, 0.5) is 5.69 Å². The maximum Gasteiger partial charge on any atom is 0.338 e. The van der Waals surface area contributed by atoms with Crippen LogP contribution in [0.5, 0.6) is 11.5 Å². The van der Waals surface area contributed by atoms with Gasteiger partial charge in [-0.15, -0.1) is 0 Å². The minimum Gasteiger partial charge on any atom is -0.497 e. The molecule has 2 amide bonds. The largest absolute Gasteiger partial charge is 0.497 e. The zero-order chi connectivity index (χ0) is 42.0. The summed E-state index contributed by atoms with van der Waals surface area (Å²) in [6.45, 7) is 1.84. The first kappa shape index (κ1) is 41.1. The van der Waals surface area contributed by atoms with Crippen molar-refractivity contribution in [1.29, 1.82) is 0 Å². The van der Waals surface area contributed by atoms with Crippen molar-refractivity contribution in [2.75, 3.05) is 31.8 Å². The Labute approximate surface area is 347 Å². The van der Waals surface area contributed by atoms with Gasteiger partial charge in [0.1, 0.15) is 23.3 Å². The first-order chi connectivity index (χ1) is 29.3. The van der Waals surface area contributed by atoms with Crippen LogP contribution in [0.1, 0.15) is 57.8 Å². The molecule has 1 aromatic heterocycles. The molecule has 0 bridgehead atoms. The van der Waals surface area contributed by atoms with Gasteiger partial charge in [-0.25, -0.2) is 9.78 Å². The monoisotopic (exact) mass is 807 g/mol. The van der Waals surface area contributed by atoms with E-state index >= 15 is 0 Å². The molecule has 6 aromatic rings. The van der Waals surface area contributed by atoms with E-state index in [-0.39, 0.29) is 37.5 Å². The number of nitrogens with zero attached hydrogens (tertiary/aromatic N) is 2. The summed E-state index contributed by atoms with van der Waals surface area (Å²) in [5.41, 5.74) is 4.16. The third-order valence-electron chi connectivity index (χ3n) is 10.2. The Morgan fingerprint density at radius 1 is 0.800 bits per heavy atom. The van der Waals surface area contributed by atoms with Crippen molar-refractivity contribution in [1.82, 2.24) is 10.3 Å². The quantitative estimate of drug-likeness (QED) is 0.0800. The normalized spacial score (nSPS) is 15.7. The Morgan fingerprint density at radius 3 is 2.25 bits per heavy atom.